The number of nitrogens with one attached hydrogen (secondary N) is 1. The second-order valence-corrected chi connectivity index (χ2v) is 7.12. The summed E-state index contributed by atoms with van der Waals surface area (Å²) in [5.41, 5.74) is 0.984. The van der Waals surface area contributed by atoms with Crippen LogP contribution in [0.2, 0.25) is 0 Å². The molecule has 1 N–H and O–H groups in total. The minimum Gasteiger partial charge on any atom is -0.497 e. The van der Waals surface area contributed by atoms with E-state index in [0.717, 1.165) is 24.8 Å². The number of methoxy groups -OCH3 is 1. The van der Waals surface area contributed by atoms with Gasteiger partial charge in [0.1, 0.15) is 5.75 Å². The van der Waals surface area contributed by atoms with E-state index in [1.807, 2.05) is 30.3 Å². The van der Waals surface area contributed by atoms with E-state index in [1.54, 1.807) is 31.4 Å². The molecule has 2 aromatic rings. The molecule has 2 aromatic carbocycles. The van der Waals surface area contributed by atoms with Gasteiger partial charge in [0.05, 0.1) is 12.0 Å². The molecular formula is C18H23NO3S. The lowest BCUT2D eigenvalue weighted by molar-refractivity contribution is 0.414. The van der Waals surface area contributed by atoms with Gasteiger partial charge in [-0.3, -0.25) is 0 Å². The smallest absolute Gasteiger partial charge is 0.241 e. The van der Waals surface area contributed by atoms with Gasteiger partial charge in [-0.15, -0.1) is 0 Å². The maximum atomic E-state index is 12.6. The first-order valence-electron chi connectivity index (χ1n) is 7.78. The van der Waals surface area contributed by atoms with Crippen molar-refractivity contribution in [2.75, 3.05) is 7.11 Å². The second-order valence-electron chi connectivity index (χ2n) is 5.40. The zero-order chi connectivity index (χ0) is 16.7. The third-order valence-electron chi connectivity index (χ3n) is 3.72. The lowest BCUT2D eigenvalue weighted by atomic mass is 10.0. The molecule has 0 saturated heterocycles. The Morgan fingerprint density at radius 1 is 1.04 bits per heavy atom. The number of rotatable bonds is 8. The molecule has 5 heteroatoms. The Kier molecular flexibility index (Phi) is 6.19. The quantitative estimate of drug-likeness (QED) is 0.797. The molecule has 0 heterocycles. The monoisotopic (exact) mass is 333 g/mol. The fourth-order valence-corrected chi connectivity index (χ4v) is 3.66. The van der Waals surface area contributed by atoms with E-state index in [9.17, 15) is 8.42 Å². The molecule has 1 unspecified atom stereocenters. The van der Waals surface area contributed by atoms with E-state index in [-0.39, 0.29) is 10.9 Å². The van der Waals surface area contributed by atoms with E-state index >= 15 is 0 Å². The van der Waals surface area contributed by atoms with Gasteiger partial charge >= 0.3 is 0 Å². The third-order valence-corrected chi connectivity index (χ3v) is 5.20. The zero-order valence-corrected chi connectivity index (χ0v) is 14.3. The molecule has 0 fully saturated rings. The van der Waals surface area contributed by atoms with Crippen molar-refractivity contribution >= 4 is 10.0 Å². The molecule has 0 aromatic heterocycles. The highest BCUT2D eigenvalue weighted by molar-refractivity contribution is 7.89. The van der Waals surface area contributed by atoms with Crippen LogP contribution < -0.4 is 9.46 Å². The SMILES string of the molecule is CCCCC(NS(=O)(=O)c1ccc(OC)cc1)c1ccccc1. The highest BCUT2D eigenvalue weighted by Gasteiger charge is 2.21. The number of unbranched alkanes of at least 4 members (excludes halogenated alkanes) is 1. The first-order valence-corrected chi connectivity index (χ1v) is 9.26. The average Bonchev–Trinajstić information content (AvgIpc) is 2.59. The van der Waals surface area contributed by atoms with Crippen LogP contribution in [0.15, 0.2) is 59.5 Å². The van der Waals surface area contributed by atoms with E-state index in [1.165, 1.54) is 0 Å². The summed E-state index contributed by atoms with van der Waals surface area (Å²) < 4.78 is 33.2. The number of benzene rings is 2. The second kappa shape index (κ2) is 8.13. The lowest BCUT2D eigenvalue weighted by Gasteiger charge is -2.19. The van der Waals surface area contributed by atoms with E-state index < -0.39 is 10.0 Å². The maximum Gasteiger partial charge on any atom is 0.241 e. The summed E-state index contributed by atoms with van der Waals surface area (Å²) in [6, 6.07) is 15.9. The van der Waals surface area contributed by atoms with E-state index in [2.05, 4.69) is 11.6 Å². The van der Waals surface area contributed by atoms with Gasteiger partial charge in [0.2, 0.25) is 10.0 Å². The molecule has 0 aliphatic heterocycles. The van der Waals surface area contributed by atoms with Crippen molar-refractivity contribution in [2.24, 2.45) is 0 Å². The molecule has 0 amide bonds. The van der Waals surface area contributed by atoms with Crippen molar-refractivity contribution in [3.63, 3.8) is 0 Å². The normalized spacial score (nSPS) is 12.8. The Labute approximate surface area is 138 Å². The molecule has 0 radical (unpaired) electrons. The van der Waals surface area contributed by atoms with Gasteiger partial charge in [-0.25, -0.2) is 13.1 Å². The van der Waals surface area contributed by atoms with Gasteiger partial charge < -0.3 is 4.74 Å². The largest absolute Gasteiger partial charge is 0.497 e. The fraction of sp³-hybridized carbons (Fsp3) is 0.333. The molecule has 4 nitrogen and oxygen atoms in total. The van der Waals surface area contributed by atoms with Crippen LogP contribution in [0, 0.1) is 0 Å². The first-order chi connectivity index (χ1) is 11.1. The Bertz CT molecular complexity index is 697. The molecule has 0 aliphatic carbocycles. The minimum absolute atomic E-state index is 0.219. The van der Waals surface area contributed by atoms with Crippen LogP contribution >= 0.6 is 0 Å². The van der Waals surface area contributed by atoms with Gasteiger partial charge in [0, 0.05) is 6.04 Å². The van der Waals surface area contributed by atoms with Gasteiger partial charge in [-0.2, -0.15) is 0 Å². The molecular weight excluding hydrogens is 310 g/mol. The van der Waals surface area contributed by atoms with Crippen LogP contribution in [0.25, 0.3) is 0 Å². The van der Waals surface area contributed by atoms with Crippen LogP contribution in [-0.2, 0) is 10.0 Å². The summed E-state index contributed by atoms with van der Waals surface area (Å²) in [7, 11) is -2.02. The number of sulfonamides is 1. The fourth-order valence-electron chi connectivity index (χ4n) is 2.40. The van der Waals surface area contributed by atoms with Crippen LogP contribution in [0.3, 0.4) is 0 Å². The Morgan fingerprint density at radius 2 is 1.70 bits per heavy atom. The molecule has 0 spiro atoms. The van der Waals surface area contributed by atoms with Crippen LogP contribution in [0.4, 0.5) is 0 Å². The van der Waals surface area contributed by atoms with Crippen molar-refractivity contribution in [1.82, 2.24) is 4.72 Å². The zero-order valence-electron chi connectivity index (χ0n) is 13.5. The number of hydrogen-bond acceptors (Lipinski definition) is 3. The van der Waals surface area contributed by atoms with Crippen LogP contribution in [0.5, 0.6) is 5.75 Å². The van der Waals surface area contributed by atoms with E-state index in [4.69, 9.17) is 4.74 Å². The van der Waals surface area contributed by atoms with E-state index in [0.29, 0.717) is 5.75 Å². The maximum absolute atomic E-state index is 12.6. The summed E-state index contributed by atoms with van der Waals surface area (Å²) in [6.07, 6.45) is 2.76. The third kappa shape index (κ3) is 4.81. The van der Waals surface area contributed by atoms with Crippen LogP contribution in [-0.4, -0.2) is 15.5 Å². The Morgan fingerprint density at radius 3 is 2.26 bits per heavy atom. The van der Waals surface area contributed by atoms with Crippen molar-refractivity contribution in [1.29, 1.82) is 0 Å². The molecule has 1 atom stereocenters. The highest BCUT2D eigenvalue weighted by Crippen LogP contribution is 2.23. The van der Waals surface area contributed by atoms with Crippen LogP contribution in [0.1, 0.15) is 37.8 Å². The topological polar surface area (TPSA) is 55.4 Å². The Hall–Kier alpha value is -1.85. The number of hydrogen-bond donors (Lipinski definition) is 1. The lowest BCUT2D eigenvalue weighted by Crippen LogP contribution is -2.28. The summed E-state index contributed by atoms with van der Waals surface area (Å²) in [5, 5.41) is 0. The molecule has 2 rings (SSSR count). The minimum atomic E-state index is -3.57. The summed E-state index contributed by atoms with van der Waals surface area (Å²) in [4.78, 5) is 0.246. The molecule has 0 saturated carbocycles. The van der Waals surface area contributed by atoms with Gasteiger partial charge in [0.15, 0.2) is 0 Å². The Balaban J connectivity index is 2.22. The molecule has 0 bridgehead atoms. The number of ether oxygens (including phenoxy) is 1. The standard InChI is InChI=1S/C18H23NO3S/c1-3-4-10-18(15-8-6-5-7-9-15)19-23(20,21)17-13-11-16(22-2)12-14-17/h5-9,11-14,18-19H,3-4,10H2,1-2H3. The predicted octanol–water partition coefficient (Wildman–Crippen LogP) is 3.91. The summed E-state index contributed by atoms with van der Waals surface area (Å²) in [6.45, 7) is 2.10. The first kappa shape index (κ1) is 17.5. The molecule has 0 aliphatic rings. The molecule has 23 heavy (non-hydrogen) atoms. The van der Waals surface area contributed by atoms with Crippen molar-refractivity contribution < 1.29 is 13.2 Å². The average molecular weight is 333 g/mol. The van der Waals surface area contributed by atoms with Crippen molar-refractivity contribution in [2.45, 2.75) is 37.1 Å². The highest BCUT2D eigenvalue weighted by atomic mass is 32.2. The van der Waals surface area contributed by atoms with Crippen molar-refractivity contribution in [3.8, 4) is 5.75 Å². The van der Waals surface area contributed by atoms with Gasteiger partial charge in [-0.05, 0) is 36.2 Å². The van der Waals surface area contributed by atoms with Crippen molar-refractivity contribution in [3.05, 3.63) is 60.2 Å². The predicted molar refractivity (Wildman–Crippen MR) is 92.0 cm³/mol. The van der Waals surface area contributed by atoms with Gasteiger partial charge in [0.25, 0.3) is 0 Å². The summed E-state index contributed by atoms with van der Waals surface area (Å²) >= 11 is 0. The van der Waals surface area contributed by atoms with Gasteiger partial charge in [-0.1, -0.05) is 50.1 Å². The summed E-state index contributed by atoms with van der Waals surface area (Å²) in [5.74, 6) is 0.634. The molecule has 124 valence electrons.